The quantitative estimate of drug-likeness (QED) is 0.824. The number of carbonyl (C=O) groups is 2. The molecule has 102 valence electrons. The Bertz CT molecular complexity index is 485. The topological polar surface area (TPSA) is 85.1 Å². The first-order valence-corrected chi connectivity index (χ1v) is 6.66. The van der Waals surface area contributed by atoms with Gasteiger partial charge >= 0.3 is 0 Å². The first-order valence-electron chi connectivity index (χ1n) is 6.28. The molecule has 6 heteroatoms. The van der Waals surface area contributed by atoms with Crippen LogP contribution in [0.25, 0.3) is 0 Å². The predicted molar refractivity (Wildman–Crippen MR) is 71.7 cm³/mol. The van der Waals surface area contributed by atoms with Gasteiger partial charge in [-0.05, 0) is 37.8 Å². The second-order valence-electron chi connectivity index (χ2n) is 4.79. The molecular weight excluding hydrogens is 266 g/mol. The molecule has 0 atom stereocenters. The van der Waals surface area contributed by atoms with Crippen molar-refractivity contribution in [2.45, 2.75) is 31.7 Å². The van der Waals surface area contributed by atoms with E-state index in [2.05, 4.69) is 10.3 Å². The van der Waals surface area contributed by atoms with Crippen molar-refractivity contribution in [2.75, 3.05) is 0 Å². The van der Waals surface area contributed by atoms with Crippen molar-refractivity contribution in [1.82, 2.24) is 10.3 Å². The minimum Gasteiger partial charge on any atom is -0.369 e. The van der Waals surface area contributed by atoms with E-state index in [4.69, 9.17) is 17.3 Å². The Kier molecular flexibility index (Phi) is 4.37. The number of primary amides is 1. The molecule has 0 unspecified atom stereocenters. The highest BCUT2D eigenvalue weighted by molar-refractivity contribution is 6.29. The Morgan fingerprint density at radius 2 is 2.00 bits per heavy atom. The third-order valence-electron chi connectivity index (χ3n) is 3.45. The molecule has 19 heavy (non-hydrogen) atoms. The molecule has 2 rings (SSSR count). The van der Waals surface area contributed by atoms with Gasteiger partial charge < -0.3 is 11.1 Å². The van der Waals surface area contributed by atoms with Crippen molar-refractivity contribution in [3.8, 4) is 0 Å². The van der Waals surface area contributed by atoms with Crippen molar-refractivity contribution >= 4 is 23.4 Å². The van der Waals surface area contributed by atoms with E-state index in [0.717, 1.165) is 25.7 Å². The van der Waals surface area contributed by atoms with E-state index >= 15 is 0 Å². The number of pyridine rings is 1. The van der Waals surface area contributed by atoms with Crippen molar-refractivity contribution in [2.24, 2.45) is 11.7 Å². The Morgan fingerprint density at radius 3 is 2.58 bits per heavy atom. The number of aromatic nitrogens is 1. The van der Waals surface area contributed by atoms with E-state index in [-0.39, 0.29) is 23.8 Å². The van der Waals surface area contributed by atoms with Crippen LogP contribution < -0.4 is 11.1 Å². The van der Waals surface area contributed by atoms with Crippen LogP contribution in [0.3, 0.4) is 0 Å². The number of amides is 2. The van der Waals surface area contributed by atoms with E-state index in [0.29, 0.717) is 10.7 Å². The predicted octanol–water partition coefficient (Wildman–Crippen LogP) is 1.51. The second kappa shape index (κ2) is 6.02. The van der Waals surface area contributed by atoms with Crippen LogP contribution in [0.15, 0.2) is 18.3 Å². The van der Waals surface area contributed by atoms with Crippen LogP contribution >= 0.6 is 11.6 Å². The van der Waals surface area contributed by atoms with Crippen LogP contribution in [0.5, 0.6) is 0 Å². The monoisotopic (exact) mass is 281 g/mol. The van der Waals surface area contributed by atoms with Gasteiger partial charge in [0.1, 0.15) is 5.15 Å². The number of halogens is 1. The summed E-state index contributed by atoms with van der Waals surface area (Å²) in [5.74, 6) is -0.457. The van der Waals surface area contributed by atoms with Gasteiger partial charge in [-0.1, -0.05) is 11.6 Å². The molecule has 0 radical (unpaired) electrons. The SMILES string of the molecule is NC(=O)C1CCC(NC(=O)c2ccnc(Cl)c2)CC1. The molecule has 2 amide bonds. The van der Waals surface area contributed by atoms with Crippen LogP contribution in [-0.4, -0.2) is 22.8 Å². The van der Waals surface area contributed by atoms with Crippen molar-refractivity contribution < 1.29 is 9.59 Å². The fourth-order valence-electron chi connectivity index (χ4n) is 2.33. The van der Waals surface area contributed by atoms with E-state index in [1.54, 1.807) is 6.07 Å². The van der Waals surface area contributed by atoms with Gasteiger partial charge in [0.2, 0.25) is 5.91 Å². The van der Waals surface area contributed by atoms with E-state index in [1.807, 2.05) is 0 Å². The van der Waals surface area contributed by atoms with Crippen molar-refractivity contribution in [3.05, 3.63) is 29.0 Å². The third kappa shape index (κ3) is 3.67. The van der Waals surface area contributed by atoms with Gasteiger partial charge in [0, 0.05) is 23.7 Å². The lowest BCUT2D eigenvalue weighted by Crippen LogP contribution is -2.39. The largest absolute Gasteiger partial charge is 0.369 e. The average molecular weight is 282 g/mol. The van der Waals surface area contributed by atoms with Gasteiger partial charge in [0.15, 0.2) is 0 Å². The molecule has 3 N–H and O–H groups in total. The van der Waals surface area contributed by atoms with Crippen LogP contribution in [0.2, 0.25) is 5.15 Å². The normalized spacial score (nSPS) is 22.8. The maximum atomic E-state index is 12.0. The first-order chi connectivity index (χ1) is 9.06. The summed E-state index contributed by atoms with van der Waals surface area (Å²) in [7, 11) is 0. The first kappa shape index (κ1) is 13.8. The molecule has 0 aliphatic heterocycles. The average Bonchev–Trinajstić information content (AvgIpc) is 2.39. The molecule has 1 fully saturated rings. The number of rotatable bonds is 3. The van der Waals surface area contributed by atoms with Crippen LogP contribution in [0.1, 0.15) is 36.0 Å². The summed E-state index contributed by atoms with van der Waals surface area (Å²) >= 11 is 5.74. The zero-order valence-electron chi connectivity index (χ0n) is 10.4. The number of hydrogen-bond acceptors (Lipinski definition) is 3. The third-order valence-corrected chi connectivity index (χ3v) is 3.66. The molecule has 1 aliphatic rings. The Balaban J connectivity index is 1.89. The fraction of sp³-hybridized carbons (Fsp3) is 0.462. The summed E-state index contributed by atoms with van der Waals surface area (Å²) in [6, 6.07) is 3.25. The standard InChI is InChI=1S/C13H16ClN3O2/c14-11-7-9(5-6-16-11)13(19)17-10-3-1-8(2-4-10)12(15)18/h5-8,10H,1-4H2,(H2,15,18)(H,17,19). The second-order valence-corrected chi connectivity index (χ2v) is 5.18. The smallest absolute Gasteiger partial charge is 0.251 e. The zero-order chi connectivity index (χ0) is 13.8. The number of nitrogens with zero attached hydrogens (tertiary/aromatic N) is 1. The number of nitrogens with one attached hydrogen (secondary N) is 1. The van der Waals surface area contributed by atoms with Crippen LogP contribution in [0.4, 0.5) is 0 Å². The van der Waals surface area contributed by atoms with Crippen molar-refractivity contribution in [1.29, 1.82) is 0 Å². The van der Waals surface area contributed by atoms with Gasteiger partial charge in [-0.25, -0.2) is 4.98 Å². The maximum Gasteiger partial charge on any atom is 0.251 e. The van der Waals surface area contributed by atoms with Gasteiger partial charge in [-0.2, -0.15) is 0 Å². The lowest BCUT2D eigenvalue weighted by Gasteiger charge is -2.27. The highest BCUT2D eigenvalue weighted by Gasteiger charge is 2.25. The highest BCUT2D eigenvalue weighted by atomic mass is 35.5. The fourth-order valence-corrected chi connectivity index (χ4v) is 2.51. The Hall–Kier alpha value is -1.62. The molecule has 0 bridgehead atoms. The van der Waals surface area contributed by atoms with Crippen molar-refractivity contribution in [3.63, 3.8) is 0 Å². The van der Waals surface area contributed by atoms with Gasteiger partial charge in [0.05, 0.1) is 0 Å². The molecule has 1 aliphatic carbocycles. The molecule has 0 saturated heterocycles. The van der Waals surface area contributed by atoms with E-state index in [1.165, 1.54) is 12.3 Å². The lowest BCUT2D eigenvalue weighted by molar-refractivity contribution is -0.122. The molecule has 1 aromatic heterocycles. The molecule has 1 aromatic rings. The highest BCUT2D eigenvalue weighted by Crippen LogP contribution is 2.24. The zero-order valence-corrected chi connectivity index (χ0v) is 11.2. The number of carbonyl (C=O) groups excluding carboxylic acids is 2. The van der Waals surface area contributed by atoms with Crippen LogP contribution in [0, 0.1) is 5.92 Å². The van der Waals surface area contributed by atoms with Gasteiger partial charge in [0.25, 0.3) is 5.91 Å². The van der Waals surface area contributed by atoms with Gasteiger partial charge in [-0.3, -0.25) is 9.59 Å². The minimum atomic E-state index is -0.245. The summed E-state index contributed by atoms with van der Waals surface area (Å²) in [6.45, 7) is 0. The van der Waals surface area contributed by atoms with Gasteiger partial charge in [-0.15, -0.1) is 0 Å². The minimum absolute atomic E-state index is 0.0523. The molecule has 5 nitrogen and oxygen atoms in total. The Labute approximate surface area is 116 Å². The summed E-state index contributed by atoms with van der Waals surface area (Å²) in [5, 5.41) is 3.24. The molecule has 0 spiro atoms. The maximum absolute atomic E-state index is 12.0. The number of nitrogens with two attached hydrogens (primary N) is 1. The number of hydrogen-bond donors (Lipinski definition) is 2. The summed E-state index contributed by atoms with van der Waals surface area (Å²) in [6.07, 6.45) is 4.52. The van der Waals surface area contributed by atoms with E-state index in [9.17, 15) is 9.59 Å². The summed E-state index contributed by atoms with van der Waals surface area (Å²) in [5.41, 5.74) is 5.77. The summed E-state index contributed by atoms with van der Waals surface area (Å²) in [4.78, 5) is 26.9. The summed E-state index contributed by atoms with van der Waals surface area (Å²) < 4.78 is 0. The van der Waals surface area contributed by atoms with E-state index < -0.39 is 0 Å². The molecular formula is C13H16ClN3O2. The Morgan fingerprint density at radius 1 is 1.32 bits per heavy atom. The lowest BCUT2D eigenvalue weighted by atomic mass is 9.85. The molecule has 0 aromatic carbocycles. The molecule has 1 saturated carbocycles. The van der Waals surface area contributed by atoms with Crippen LogP contribution in [-0.2, 0) is 4.79 Å². The molecule has 1 heterocycles.